The molecule has 1 N–H and O–H groups in total. The summed E-state index contributed by atoms with van der Waals surface area (Å²) in [5.41, 5.74) is 1.52. The second kappa shape index (κ2) is 9.78. The molecule has 0 unspecified atom stereocenters. The number of urea groups is 1. The predicted molar refractivity (Wildman–Crippen MR) is 125 cm³/mol. The smallest absolute Gasteiger partial charge is 0.343 e. The average Bonchev–Trinajstić information content (AvgIpc) is 2.80. The molecule has 0 aromatic heterocycles. The largest absolute Gasteiger partial charge is 0.493 e. The molecule has 0 saturated carbocycles. The number of anilines is 1. The normalized spacial score (nSPS) is 15.3. The van der Waals surface area contributed by atoms with Gasteiger partial charge in [0.2, 0.25) is 0 Å². The summed E-state index contributed by atoms with van der Waals surface area (Å²) in [6.07, 6.45) is 1.35. The lowest BCUT2D eigenvalue weighted by Crippen LogP contribution is -2.54. The maximum absolute atomic E-state index is 13.1. The molecule has 3 rings (SSSR count). The van der Waals surface area contributed by atoms with Gasteiger partial charge in [-0.1, -0.05) is 39.0 Å². The molecule has 178 valence electrons. The molecular weight excluding hydrogens is 440 g/mol. The fraction of sp³-hybridized carbons (Fsp3) is 0.280. The summed E-state index contributed by atoms with van der Waals surface area (Å²) in [4.78, 5) is 50.3. The third kappa shape index (κ3) is 5.25. The Hall–Kier alpha value is -4.14. The lowest BCUT2D eigenvalue weighted by atomic mass is 9.87. The summed E-state index contributed by atoms with van der Waals surface area (Å²) in [5, 5.41) is 2.20. The van der Waals surface area contributed by atoms with Gasteiger partial charge in [-0.3, -0.25) is 14.9 Å². The van der Waals surface area contributed by atoms with Gasteiger partial charge in [0.05, 0.1) is 19.9 Å². The van der Waals surface area contributed by atoms with Gasteiger partial charge in [0, 0.05) is 0 Å². The molecule has 0 bridgehead atoms. The Bertz CT molecular complexity index is 1160. The summed E-state index contributed by atoms with van der Waals surface area (Å²) in [6, 6.07) is 10.9. The van der Waals surface area contributed by atoms with E-state index in [1.54, 1.807) is 24.3 Å². The Morgan fingerprint density at radius 2 is 1.68 bits per heavy atom. The number of rotatable bonds is 6. The van der Waals surface area contributed by atoms with Crippen LogP contribution in [0, 0.1) is 0 Å². The standard InChI is InChI=1S/C25H26N2O7/c1-25(2,3)16-7-9-17(10-8-16)27-23(30)18(22(29)26-24(27)31)12-15-6-11-19(20(13-15)32-4)34-14-21(28)33-5/h6-13H,14H2,1-5H3,(H,26,29,31)/b18-12+. The molecule has 1 aliphatic rings. The molecule has 1 saturated heterocycles. The molecule has 1 heterocycles. The number of barbiturate groups is 1. The van der Waals surface area contributed by atoms with Gasteiger partial charge in [-0.2, -0.15) is 0 Å². The highest BCUT2D eigenvalue weighted by Crippen LogP contribution is 2.30. The molecule has 4 amide bonds. The zero-order valence-electron chi connectivity index (χ0n) is 19.6. The number of imide groups is 2. The second-order valence-corrected chi connectivity index (χ2v) is 8.53. The summed E-state index contributed by atoms with van der Waals surface area (Å²) in [5.74, 6) is -1.54. The van der Waals surface area contributed by atoms with Gasteiger partial charge < -0.3 is 14.2 Å². The lowest BCUT2D eigenvalue weighted by molar-refractivity contribution is -0.143. The SMILES string of the molecule is COC(=O)COc1ccc(/C=C2\C(=O)NC(=O)N(c3ccc(C(C)(C)C)cc3)C2=O)cc1OC. The number of carbonyl (C=O) groups excluding carboxylic acids is 4. The minimum Gasteiger partial charge on any atom is -0.493 e. The van der Waals surface area contributed by atoms with E-state index in [0.717, 1.165) is 10.5 Å². The van der Waals surface area contributed by atoms with Crippen molar-refractivity contribution < 1.29 is 33.4 Å². The first kappa shape index (κ1) is 24.5. The molecule has 2 aromatic rings. The van der Waals surface area contributed by atoms with Crippen LogP contribution in [0.4, 0.5) is 10.5 Å². The van der Waals surface area contributed by atoms with Crippen LogP contribution in [0.3, 0.4) is 0 Å². The van der Waals surface area contributed by atoms with E-state index in [2.05, 4.69) is 30.8 Å². The Labute approximate surface area is 197 Å². The molecule has 0 radical (unpaired) electrons. The second-order valence-electron chi connectivity index (χ2n) is 8.53. The van der Waals surface area contributed by atoms with Crippen LogP contribution in [0.5, 0.6) is 11.5 Å². The van der Waals surface area contributed by atoms with Crippen LogP contribution >= 0.6 is 0 Å². The Morgan fingerprint density at radius 1 is 1.00 bits per heavy atom. The van der Waals surface area contributed by atoms with Gasteiger partial charge in [-0.15, -0.1) is 0 Å². The monoisotopic (exact) mass is 466 g/mol. The van der Waals surface area contributed by atoms with E-state index in [4.69, 9.17) is 9.47 Å². The van der Waals surface area contributed by atoms with E-state index in [1.807, 2.05) is 12.1 Å². The van der Waals surface area contributed by atoms with Crippen LogP contribution in [0.25, 0.3) is 6.08 Å². The van der Waals surface area contributed by atoms with Crippen molar-refractivity contribution in [1.82, 2.24) is 5.32 Å². The number of nitrogens with zero attached hydrogens (tertiary/aromatic N) is 1. The minimum atomic E-state index is -0.820. The summed E-state index contributed by atoms with van der Waals surface area (Å²) >= 11 is 0. The number of ether oxygens (including phenoxy) is 3. The molecule has 1 aliphatic heterocycles. The molecule has 1 fully saturated rings. The van der Waals surface area contributed by atoms with Crippen molar-refractivity contribution in [3.8, 4) is 11.5 Å². The fourth-order valence-electron chi connectivity index (χ4n) is 3.26. The van der Waals surface area contributed by atoms with Crippen molar-refractivity contribution in [3.63, 3.8) is 0 Å². The first-order valence-electron chi connectivity index (χ1n) is 10.4. The molecule has 9 heteroatoms. The highest BCUT2D eigenvalue weighted by Gasteiger charge is 2.37. The number of nitrogens with one attached hydrogen (secondary N) is 1. The lowest BCUT2D eigenvalue weighted by Gasteiger charge is -2.27. The third-order valence-corrected chi connectivity index (χ3v) is 5.17. The van der Waals surface area contributed by atoms with Crippen molar-refractivity contribution >= 4 is 35.6 Å². The Balaban J connectivity index is 1.90. The van der Waals surface area contributed by atoms with E-state index in [9.17, 15) is 19.2 Å². The van der Waals surface area contributed by atoms with Gasteiger partial charge >= 0.3 is 12.0 Å². The van der Waals surface area contributed by atoms with Crippen molar-refractivity contribution in [2.75, 3.05) is 25.7 Å². The first-order valence-corrected chi connectivity index (χ1v) is 10.4. The van der Waals surface area contributed by atoms with Gasteiger partial charge in [-0.25, -0.2) is 14.5 Å². The van der Waals surface area contributed by atoms with Gasteiger partial charge in [0.25, 0.3) is 11.8 Å². The van der Waals surface area contributed by atoms with E-state index in [0.29, 0.717) is 11.3 Å². The quantitative estimate of drug-likeness (QED) is 0.395. The van der Waals surface area contributed by atoms with Crippen molar-refractivity contribution in [3.05, 3.63) is 59.2 Å². The number of carbonyl (C=O) groups is 4. The first-order chi connectivity index (χ1) is 16.0. The predicted octanol–water partition coefficient (Wildman–Crippen LogP) is 3.21. The molecule has 9 nitrogen and oxygen atoms in total. The Morgan fingerprint density at radius 3 is 2.26 bits per heavy atom. The van der Waals surface area contributed by atoms with Crippen LogP contribution in [0.2, 0.25) is 0 Å². The average molecular weight is 466 g/mol. The minimum absolute atomic E-state index is 0.0977. The molecule has 2 aromatic carbocycles. The van der Waals surface area contributed by atoms with Crippen molar-refractivity contribution in [2.45, 2.75) is 26.2 Å². The van der Waals surface area contributed by atoms with Crippen LogP contribution in [-0.4, -0.2) is 44.6 Å². The molecule has 0 spiro atoms. The van der Waals surface area contributed by atoms with Gasteiger partial charge in [-0.05, 0) is 46.9 Å². The van der Waals surface area contributed by atoms with Gasteiger partial charge in [0.1, 0.15) is 5.57 Å². The summed E-state index contributed by atoms with van der Waals surface area (Å²) in [7, 11) is 2.66. The topological polar surface area (TPSA) is 111 Å². The Kier molecular flexibility index (Phi) is 7.05. The van der Waals surface area contributed by atoms with Crippen LogP contribution in [0.15, 0.2) is 48.0 Å². The molecule has 0 atom stereocenters. The highest BCUT2D eigenvalue weighted by atomic mass is 16.6. The van der Waals surface area contributed by atoms with Gasteiger partial charge in [0.15, 0.2) is 18.1 Å². The number of methoxy groups -OCH3 is 2. The van der Waals surface area contributed by atoms with E-state index < -0.39 is 23.8 Å². The highest BCUT2D eigenvalue weighted by molar-refractivity contribution is 6.39. The van der Waals surface area contributed by atoms with Crippen LogP contribution < -0.4 is 19.7 Å². The van der Waals surface area contributed by atoms with E-state index in [-0.39, 0.29) is 29.1 Å². The van der Waals surface area contributed by atoms with Crippen molar-refractivity contribution in [2.24, 2.45) is 0 Å². The molecular formula is C25H26N2O7. The summed E-state index contributed by atoms with van der Waals surface area (Å²) < 4.78 is 15.2. The number of amides is 4. The number of hydrogen-bond acceptors (Lipinski definition) is 7. The zero-order valence-corrected chi connectivity index (χ0v) is 19.6. The number of hydrogen-bond donors (Lipinski definition) is 1. The molecule has 34 heavy (non-hydrogen) atoms. The van der Waals surface area contributed by atoms with E-state index in [1.165, 1.54) is 26.4 Å². The zero-order chi connectivity index (χ0) is 25.0. The van der Waals surface area contributed by atoms with E-state index >= 15 is 0 Å². The summed E-state index contributed by atoms with van der Waals surface area (Å²) in [6.45, 7) is 5.86. The maximum Gasteiger partial charge on any atom is 0.343 e. The fourth-order valence-corrected chi connectivity index (χ4v) is 3.26. The number of esters is 1. The maximum atomic E-state index is 13.1. The van der Waals surface area contributed by atoms with Crippen molar-refractivity contribution in [1.29, 1.82) is 0 Å². The molecule has 0 aliphatic carbocycles. The van der Waals surface area contributed by atoms with Crippen LogP contribution in [0.1, 0.15) is 31.9 Å². The third-order valence-electron chi connectivity index (χ3n) is 5.17. The van der Waals surface area contributed by atoms with Crippen LogP contribution in [-0.2, 0) is 24.5 Å². The number of benzene rings is 2.